The molecule has 0 fully saturated rings. The average molecular weight is 163 g/mol. The summed E-state index contributed by atoms with van der Waals surface area (Å²) < 4.78 is 0. The van der Waals surface area contributed by atoms with Crippen LogP contribution < -0.4 is 11.6 Å². The molecule has 0 saturated heterocycles. The molecule has 0 saturated carbocycles. The Morgan fingerprint density at radius 1 is 1.50 bits per heavy atom. The molecule has 1 aliphatic carbocycles. The summed E-state index contributed by atoms with van der Waals surface area (Å²) in [5.41, 5.74) is 11.7. The third kappa shape index (κ3) is 1.47. The van der Waals surface area contributed by atoms with Gasteiger partial charge in [-0.25, -0.2) is 10.9 Å². The molecular formula is C8H9N3O. The smallest absolute Gasteiger partial charge is 0.238 e. The minimum absolute atomic E-state index is 0.277. The van der Waals surface area contributed by atoms with E-state index in [1.807, 2.05) is 0 Å². The van der Waals surface area contributed by atoms with Gasteiger partial charge in [0.1, 0.15) is 0 Å². The highest BCUT2D eigenvalue weighted by Gasteiger charge is 2.10. The fourth-order valence-electron chi connectivity index (χ4n) is 0.765. The summed E-state index contributed by atoms with van der Waals surface area (Å²) in [5.74, 6) is 5.13. The predicted molar refractivity (Wildman–Crippen MR) is 44.1 cm³/mol. The highest BCUT2D eigenvalue weighted by atomic mass is 16.2. The Bertz CT molecular complexity index is 341. The van der Waals surface area contributed by atoms with Gasteiger partial charge in [-0.3, -0.25) is 4.79 Å². The summed E-state index contributed by atoms with van der Waals surface area (Å²) in [7, 11) is 0. The minimum Gasteiger partial charge on any atom is -0.396 e. The van der Waals surface area contributed by atoms with Crippen LogP contribution in [0.5, 0.6) is 0 Å². The van der Waals surface area contributed by atoms with Gasteiger partial charge < -0.3 is 5.73 Å². The Kier molecular flexibility index (Phi) is 2.17. The van der Waals surface area contributed by atoms with Crippen LogP contribution in [0.3, 0.4) is 0 Å². The van der Waals surface area contributed by atoms with E-state index in [0.29, 0.717) is 11.4 Å². The van der Waals surface area contributed by atoms with Crippen LogP contribution in [0.25, 0.3) is 0 Å². The fraction of sp³-hybridized carbons (Fsp3) is 0.125. The van der Waals surface area contributed by atoms with Crippen LogP contribution in [0, 0.1) is 0 Å². The van der Waals surface area contributed by atoms with E-state index in [9.17, 15) is 4.79 Å². The fourth-order valence-corrected chi connectivity index (χ4v) is 0.765. The molecule has 0 atom stereocenters. The third-order valence-corrected chi connectivity index (χ3v) is 1.41. The molecule has 1 amide bonds. The summed E-state index contributed by atoms with van der Waals surface area (Å²) in [6, 6.07) is 0. The zero-order valence-corrected chi connectivity index (χ0v) is 6.66. The molecule has 0 unspecified atom stereocenters. The van der Waals surface area contributed by atoms with Crippen molar-refractivity contribution in [1.29, 1.82) is 0 Å². The van der Waals surface area contributed by atoms with Crippen LogP contribution in [0.1, 0.15) is 6.92 Å². The van der Waals surface area contributed by atoms with E-state index in [0.717, 1.165) is 5.01 Å². The van der Waals surface area contributed by atoms with Crippen LogP contribution in [0.15, 0.2) is 35.0 Å². The van der Waals surface area contributed by atoms with Crippen molar-refractivity contribution in [2.45, 2.75) is 6.92 Å². The molecular weight excluding hydrogens is 154 g/mol. The summed E-state index contributed by atoms with van der Waals surface area (Å²) in [4.78, 5) is 10.8. The minimum atomic E-state index is -0.277. The highest BCUT2D eigenvalue weighted by Crippen LogP contribution is 2.07. The number of hydrazine groups is 1. The molecule has 0 heterocycles. The summed E-state index contributed by atoms with van der Waals surface area (Å²) in [6.07, 6.45) is 3.02. The zero-order chi connectivity index (χ0) is 9.14. The maximum absolute atomic E-state index is 10.8. The lowest BCUT2D eigenvalue weighted by Crippen LogP contribution is -2.35. The standard InChI is InChI=1S/C8H9N3O/c1-6(12)11(10)8-5-3-2-4-7(8)9/h4-5H,9-10H2,1H3. The molecule has 62 valence electrons. The second kappa shape index (κ2) is 3.11. The molecule has 0 aromatic heterocycles. The van der Waals surface area contributed by atoms with E-state index in [1.165, 1.54) is 19.1 Å². The third-order valence-electron chi connectivity index (χ3n) is 1.41. The quantitative estimate of drug-likeness (QED) is 0.242. The Labute approximate surface area is 70.1 Å². The first-order valence-electron chi connectivity index (χ1n) is 3.35. The van der Waals surface area contributed by atoms with Gasteiger partial charge in [-0.05, 0) is 0 Å². The molecule has 4 nitrogen and oxygen atoms in total. The summed E-state index contributed by atoms with van der Waals surface area (Å²) in [6.45, 7) is 1.36. The van der Waals surface area contributed by atoms with Gasteiger partial charge in [-0.15, -0.1) is 0 Å². The number of nitrogens with zero attached hydrogens (tertiary/aromatic N) is 1. The van der Waals surface area contributed by atoms with Crippen molar-refractivity contribution in [2.75, 3.05) is 0 Å². The lowest BCUT2D eigenvalue weighted by Gasteiger charge is -2.16. The first kappa shape index (κ1) is 8.37. The van der Waals surface area contributed by atoms with Crippen molar-refractivity contribution in [2.24, 2.45) is 11.6 Å². The van der Waals surface area contributed by atoms with Gasteiger partial charge in [-0.2, -0.15) is 0 Å². The maximum Gasteiger partial charge on any atom is 0.238 e. The van der Waals surface area contributed by atoms with E-state index in [2.05, 4.69) is 11.5 Å². The first-order chi connectivity index (χ1) is 5.63. The van der Waals surface area contributed by atoms with E-state index >= 15 is 0 Å². The average Bonchev–Trinajstić information content (AvgIpc) is 2.04. The summed E-state index contributed by atoms with van der Waals surface area (Å²) >= 11 is 0. The van der Waals surface area contributed by atoms with Crippen molar-refractivity contribution in [3.05, 3.63) is 35.0 Å². The van der Waals surface area contributed by atoms with Gasteiger partial charge in [0.2, 0.25) is 5.91 Å². The first-order valence-corrected chi connectivity index (χ1v) is 3.35. The van der Waals surface area contributed by atoms with Gasteiger partial charge in [0, 0.05) is 19.1 Å². The number of carbonyl (C=O) groups excluding carboxylic acids is 1. The number of amides is 1. The molecule has 0 bridgehead atoms. The Morgan fingerprint density at radius 3 is 2.58 bits per heavy atom. The van der Waals surface area contributed by atoms with E-state index in [1.54, 1.807) is 0 Å². The maximum atomic E-state index is 10.8. The Morgan fingerprint density at radius 2 is 2.08 bits per heavy atom. The molecule has 1 rings (SSSR count). The van der Waals surface area contributed by atoms with Gasteiger partial charge in [0.25, 0.3) is 0 Å². The number of rotatable bonds is 1. The van der Waals surface area contributed by atoms with Crippen LogP contribution in [0.2, 0.25) is 0 Å². The van der Waals surface area contributed by atoms with Gasteiger partial charge >= 0.3 is 0 Å². The van der Waals surface area contributed by atoms with Crippen LogP contribution >= 0.6 is 0 Å². The zero-order valence-electron chi connectivity index (χ0n) is 6.66. The normalized spacial score (nSPS) is 13.8. The largest absolute Gasteiger partial charge is 0.396 e. The Balaban J connectivity index is 2.99. The van der Waals surface area contributed by atoms with E-state index < -0.39 is 0 Å². The Hall–Kier alpha value is -1.73. The molecule has 4 heteroatoms. The van der Waals surface area contributed by atoms with E-state index in [4.69, 9.17) is 11.6 Å². The molecule has 1 aliphatic rings. The lowest BCUT2D eigenvalue weighted by molar-refractivity contribution is -0.127. The number of hydrogen-bond acceptors (Lipinski definition) is 3. The SMILES string of the molecule is CC(=O)N(N)C1=C(N)C=C=C=C1. The molecule has 0 aromatic rings. The molecule has 0 radical (unpaired) electrons. The topological polar surface area (TPSA) is 72.3 Å². The molecule has 0 aliphatic heterocycles. The number of carbonyl (C=O) groups is 1. The molecule has 0 spiro atoms. The van der Waals surface area contributed by atoms with Crippen molar-refractivity contribution in [1.82, 2.24) is 5.01 Å². The second-order valence-electron chi connectivity index (χ2n) is 2.31. The van der Waals surface area contributed by atoms with Crippen molar-refractivity contribution < 1.29 is 4.79 Å². The van der Waals surface area contributed by atoms with Crippen molar-refractivity contribution >= 4 is 5.91 Å². The second-order valence-corrected chi connectivity index (χ2v) is 2.31. The van der Waals surface area contributed by atoms with Crippen molar-refractivity contribution in [3.8, 4) is 0 Å². The van der Waals surface area contributed by atoms with Crippen LogP contribution in [-0.4, -0.2) is 10.9 Å². The van der Waals surface area contributed by atoms with Crippen LogP contribution in [-0.2, 0) is 4.79 Å². The van der Waals surface area contributed by atoms with Gasteiger partial charge in [0.05, 0.1) is 11.4 Å². The lowest BCUT2D eigenvalue weighted by atomic mass is 10.2. The predicted octanol–water partition coefficient (Wildman–Crippen LogP) is -0.241. The molecule has 0 aromatic carbocycles. The number of nitrogens with two attached hydrogens (primary N) is 2. The number of hydrogen-bond donors (Lipinski definition) is 2. The number of allylic oxidation sites excluding steroid dienone is 2. The highest BCUT2D eigenvalue weighted by molar-refractivity contribution is 5.75. The summed E-state index contributed by atoms with van der Waals surface area (Å²) in [5, 5.41) is 0.972. The molecule has 12 heavy (non-hydrogen) atoms. The molecule has 4 N–H and O–H groups in total. The monoisotopic (exact) mass is 163 g/mol. The van der Waals surface area contributed by atoms with Crippen LogP contribution in [0.4, 0.5) is 0 Å². The van der Waals surface area contributed by atoms with Crippen molar-refractivity contribution in [3.63, 3.8) is 0 Å². The van der Waals surface area contributed by atoms with E-state index in [-0.39, 0.29) is 5.91 Å². The van der Waals surface area contributed by atoms with Gasteiger partial charge in [-0.1, -0.05) is 11.5 Å². The van der Waals surface area contributed by atoms with Gasteiger partial charge in [0.15, 0.2) is 0 Å².